The van der Waals surface area contributed by atoms with Crippen molar-refractivity contribution in [2.24, 2.45) is 4.99 Å². The third-order valence-corrected chi connectivity index (χ3v) is 7.97. The van der Waals surface area contributed by atoms with Gasteiger partial charge in [0.25, 0.3) is 0 Å². The third-order valence-electron chi connectivity index (χ3n) is 5.38. The first-order chi connectivity index (χ1) is 13.1. The van der Waals surface area contributed by atoms with Gasteiger partial charge in [-0.25, -0.2) is 8.42 Å². The number of carbonyl (C=O) groups excluding carboxylic acids is 1. The normalized spacial score (nSPS) is 19.2. The maximum atomic E-state index is 12.3. The number of likely N-dealkylation sites (tertiary alicyclic amines) is 1. The van der Waals surface area contributed by atoms with Crippen LogP contribution >= 0.6 is 24.0 Å². The van der Waals surface area contributed by atoms with Crippen molar-refractivity contribution in [1.82, 2.24) is 20.0 Å². The highest BCUT2D eigenvalue weighted by atomic mass is 127. The highest BCUT2D eigenvalue weighted by molar-refractivity contribution is 14.0. The third kappa shape index (κ3) is 7.86. The predicted molar refractivity (Wildman–Crippen MR) is 129 cm³/mol. The summed E-state index contributed by atoms with van der Waals surface area (Å²) in [5.74, 6) is 1.05. The van der Waals surface area contributed by atoms with Gasteiger partial charge in [-0.3, -0.25) is 14.7 Å². The van der Waals surface area contributed by atoms with Crippen LogP contribution in [0.15, 0.2) is 4.99 Å². The second-order valence-corrected chi connectivity index (χ2v) is 11.4. The molecule has 1 N–H and O–H groups in total. The van der Waals surface area contributed by atoms with Crippen LogP contribution in [-0.2, 0) is 14.6 Å². The molecule has 0 unspecified atom stereocenters. The predicted octanol–water partition coefficient (Wildman–Crippen LogP) is 1.02. The number of aliphatic imine (C=N–C) groups is 1. The molecular weight excluding hydrogens is 505 g/mol. The number of nitrogens with one attached hydrogen (secondary N) is 1. The van der Waals surface area contributed by atoms with Crippen molar-refractivity contribution in [2.45, 2.75) is 45.3 Å². The van der Waals surface area contributed by atoms with Gasteiger partial charge in [-0.05, 0) is 40.5 Å². The monoisotopic (exact) mass is 543 g/mol. The average molecular weight is 544 g/mol. The molecular formula is C19H38IN5O3S. The molecule has 0 aromatic carbocycles. The molecule has 10 heteroatoms. The molecule has 0 atom stereocenters. The molecule has 0 bridgehead atoms. The SMILES string of the molecule is CCNC(=NCCS(=O)(=O)C(C)(C)C)N1CCN(CC(=O)N2CCCC2)CC1.I. The lowest BCUT2D eigenvalue weighted by Gasteiger charge is -2.36. The molecule has 2 rings (SSSR count). The fraction of sp³-hybridized carbons (Fsp3) is 0.895. The van der Waals surface area contributed by atoms with Gasteiger partial charge in [0.15, 0.2) is 15.8 Å². The maximum absolute atomic E-state index is 12.3. The van der Waals surface area contributed by atoms with Crippen molar-refractivity contribution >= 4 is 45.7 Å². The van der Waals surface area contributed by atoms with Crippen molar-refractivity contribution in [3.8, 4) is 0 Å². The molecule has 2 heterocycles. The van der Waals surface area contributed by atoms with Crippen molar-refractivity contribution in [3.63, 3.8) is 0 Å². The van der Waals surface area contributed by atoms with Crippen LogP contribution in [-0.4, -0.2) is 104 Å². The van der Waals surface area contributed by atoms with E-state index in [1.54, 1.807) is 20.8 Å². The first-order valence-electron chi connectivity index (χ1n) is 10.4. The van der Waals surface area contributed by atoms with E-state index in [-0.39, 0.29) is 42.2 Å². The van der Waals surface area contributed by atoms with E-state index in [2.05, 4.69) is 20.1 Å². The van der Waals surface area contributed by atoms with Crippen LogP contribution < -0.4 is 5.32 Å². The summed E-state index contributed by atoms with van der Waals surface area (Å²) >= 11 is 0. The Kier molecular flexibility index (Phi) is 10.6. The van der Waals surface area contributed by atoms with Crippen molar-refractivity contribution in [3.05, 3.63) is 0 Å². The van der Waals surface area contributed by atoms with E-state index in [1.165, 1.54) is 0 Å². The van der Waals surface area contributed by atoms with Gasteiger partial charge in [-0.1, -0.05) is 0 Å². The molecule has 0 aromatic rings. The summed E-state index contributed by atoms with van der Waals surface area (Å²) < 4.78 is 23.8. The fourth-order valence-corrected chi connectivity index (χ4v) is 4.32. The van der Waals surface area contributed by atoms with E-state index >= 15 is 0 Å². The Hall–Kier alpha value is -0.620. The lowest BCUT2D eigenvalue weighted by Crippen LogP contribution is -2.54. The number of carbonyl (C=O) groups is 1. The van der Waals surface area contributed by atoms with Gasteiger partial charge in [-0.15, -0.1) is 24.0 Å². The van der Waals surface area contributed by atoms with Crippen LogP contribution in [0.4, 0.5) is 0 Å². The Balaban J connectivity index is 0.00000420. The highest BCUT2D eigenvalue weighted by Crippen LogP contribution is 2.15. The van der Waals surface area contributed by atoms with Gasteiger partial charge in [0.2, 0.25) is 5.91 Å². The number of halogens is 1. The zero-order valence-electron chi connectivity index (χ0n) is 18.3. The van der Waals surface area contributed by atoms with Crippen LogP contribution in [0.25, 0.3) is 0 Å². The van der Waals surface area contributed by atoms with Crippen LogP contribution in [0.5, 0.6) is 0 Å². The Morgan fingerprint density at radius 3 is 2.10 bits per heavy atom. The van der Waals surface area contributed by atoms with Gasteiger partial charge in [0.05, 0.1) is 23.6 Å². The van der Waals surface area contributed by atoms with E-state index in [9.17, 15) is 13.2 Å². The Morgan fingerprint density at radius 1 is 1.00 bits per heavy atom. The number of sulfone groups is 1. The Morgan fingerprint density at radius 2 is 1.59 bits per heavy atom. The number of nitrogens with zero attached hydrogens (tertiary/aromatic N) is 4. The number of guanidine groups is 1. The number of hydrogen-bond acceptors (Lipinski definition) is 5. The Bertz CT molecular complexity index is 649. The number of amides is 1. The lowest BCUT2D eigenvalue weighted by atomic mass is 10.3. The number of piperazine rings is 1. The molecule has 8 nitrogen and oxygen atoms in total. The number of rotatable bonds is 6. The molecule has 2 saturated heterocycles. The minimum Gasteiger partial charge on any atom is -0.357 e. The number of hydrogen-bond donors (Lipinski definition) is 1. The van der Waals surface area contributed by atoms with E-state index in [0.29, 0.717) is 6.54 Å². The summed E-state index contributed by atoms with van der Waals surface area (Å²) in [6.07, 6.45) is 2.24. The molecule has 0 saturated carbocycles. The summed E-state index contributed by atoms with van der Waals surface area (Å²) in [6, 6.07) is 0. The lowest BCUT2D eigenvalue weighted by molar-refractivity contribution is -0.131. The van der Waals surface area contributed by atoms with Gasteiger partial charge in [-0.2, -0.15) is 0 Å². The molecule has 2 fully saturated rings. The van der Waals surface area contributed by atoms with Crippen molar-refractivity contribution < 1.29 is 13.2 Å². The van der Waals surface area contributed by atoms with Crippen LogP contribution in [0.1, 0.15) is 40.5 Å². The summed E-state index contributed by atoms with van der Waals surface area (Å²) in [6.45, 7) is 13.6. The molecule has 170 valence electrons. The van der Waals surface area contributed by atoms with Gasteiger partial charge in [0, 0.05) is 45.8 Å². The standard InChI is InChI=1S/C19H37N5O3S.HI/c1-5-20-18(21-8-15-28(26,27)19(2,3)4)24-13-11-22(12-14-24)16-17(25)23-9-6-7-10-23;/h5-16H2,1-4H3,(H,20,21);1H. The zero-order chi connectivity index (χ0) is 20.8. The minimum absolute atomic E-state index is 0. The topological polar surface area (TPSA) is 85.3 Å². The van der Waals surface area contributed by atoms with E-state index in [1.807, 2.05) is 11.8 Å². The molecule has 0 spiro atoms. The van der Waals surface area contributed by atoms with Gasteiger partial charge >= 0.3 is 0 Å². The quantitative estimate of drug-likeness (QED) is 0.306. The largest absolute Gasteiger partial charge is 0.357 e. The van der Waals surface area contributed by atoms with Gasteiger partial charge < -0.3 is 15.1 Å². The summed E-state index contributed by atoms with van der Waals surface area (Å²) in [7, 11) is -3.17. The first kappa shape index (κ1) is 26.4. The van der Waals surface area contributed by atoms with Crippen LogP contribution in [0.2, 0.25) is 0 Å². The second kappa shape index (κ2) is 11.7. The molecule has 0 aliphatic carbocycles. The maximum Gasteiger partial charge on any atom is 0.236 e. The first-order valence-corrected chi connectivity index (χ1v) is 12.0. The molecule has 2 aliphatic heterocycles. The highest BCUT2D eigenvalue weighted by Gasteiger charge is 2.29. The summed E-state index contributed by atoms with van der Waals surface area (Å²) in [5, 5.41) is 3.27. The summed E-state index contributed by atoms with van der Waals surface area (Å²) in [5.41, 5.74) is 0. The van der Waals surface area contributed by atoms with E-state index in [4.69, 9.17) is 0 Å². The molecule has 0 aromatic heterocycles. The summed E-state index contributed by atoms with van der Waals surface area (Å²) in [4.78, 5) is 23.2. The molecule has 2 aliphatic rings. The molecule has 29 heavy (non-hydrogen) atoms. The zero-order valence-corrected chi connectivity index (χ0v) is 21.5. The van der Waals surface area contributed by atoms with Crippen molar-refractivity contribution in [2.75, 3.05) is 64.7 Å². The average Bonchev–Trinajstić information content (AvgIpc) is 3.15. The fourth-order valence-electron chi connectivity index (χ4n) is 3.38. The molecule has 0 radical (unpaired) electrons. The Labute approximate surface area is 193 Å². The van der Waals surface area contributed by atoms with Crippen LogP contribution in [0.3, 0.4) is 0 Å². The van der Waals surface area contributed by atoms with Crippen LogP contribution in [0, 0.1) is 0 Å². The minimum atomic E-state index is -3.17. The van der Waals surface area contributed by atoms with E-state index < -0.39 is 14.6 Å². The van der Waals surface area contributed by atoms with Crippen molar-refractivity contribution in [1.29, 1.82) is 0 Å². The molecule has 1 amide bonds. The smallest absolute Gasteiger partial charge is 0.236 e. The second-order valence-electron chi connectivity index (χ2n) is 8.52. The van der Waals surface area contributed by atoms with E-state index in [0.717, 1.165) is 64.6 Å². The van der Waals surface area contributed by atoms with Gasteiger partial charge in [0.1, 0.15) is 0 Å².